The van der Waals surface area contributed by atoms with E-state index in [-0.39, 0.29) is 0 Å². The van der Waals surface area contributed by atoms with Crippen molar-refractivity contribution in [3.05, 3.63) is 26.7 Å². The molecule has 0 spiro atoms. The van der Waals surface area contributed by atoms with Crippen molar-refractivity contribution in [3.8, 4) is 5.75 Å². The van der Waals surface area contributed by atoms with Crippen LogP contribution in [-0.2, 0) is 9.53 Å². The minimum Gasteiger partial charge on any atom is -0.496 e. The zero-order valence-corrected chi connectivity index (χ0v) is 13.6. The molecule has 0 radical (unpaired) electrons. The van der Waals surface area contributed by atoms with Gasteiger partial charge in [0.15, 0.2) is 0 Å². The number of nitrogens with two attached hydrogens (primary N) is 1. The van der Waals surface area contributed by atoms with Gasteiger partial charge in [0.05, 0.1) is 13.7 Å². The summed E-state index contributed by atoms with van der Waals surface area (Å²) < 4.78 is 11.4. The Labute approximate surface area is 122 Å². The van der Waals surface area contributed by atoms with Crippen LogP contribution in [0.2, 0.25) is 0 Å². The highest BCUT2D eigenvalue weighted by Gasteiger charge is 2.26. The van der Waals surface area contributed by atoms with Crippen LogP contribution in [0.1, 0.15) is 35.2 Å². The Morgan fingerprint density at radius 3 is 2.32 bits per heavy atom. The van der Waals surface area contributed by atoms with Gasteiger partial charge in [-0.1, -0.05) is 15.9 Å². The zero-order valence-electron chi connectivity index (χ0n) is 12.0. The summed E-state index contributed by atoms with van der Waals surface area (Å²) in [5.74, 6) is 0.206. The molecule has 0 aliphatic rings. The smallest absolute Gasteiger partial charge is 0.327 e. The molecule has 1 aromatic carbocycles. The minimum absolute atomic E-state index is 0.305. The molecule has 5 heteroatoms. The molecule has 0 heterocycles. The Bertz CT molecular complexity index is 500. The molecule has 1 atom stereocenters. The fourth-order valence-electron chi connectivity index (χ4n) is 2.09. The fourth-order valence-corrected chi connectivity index (χ4v) is 2.61. The van der Waals surface area contributed by atoms with Crippen molar-refractivity contribution in [1.29, 1.82) is 0 Å². The number of ether oxygens (including phenoxy) is 2. The summed E-state index contributed by atoms with van der Waals surface area (Å²) in [5.41, 5.74) is 9.64. The first-order valence-electron chi connectivity index (χ1n) is 6.12. The second kappa shape index (κ2) is 6.39. The number of esters is 1. The van der Waals surface area contributed by atoms with Crippen molar-refractivity contribution in [2.75, 3.05) is 13.7 Å². The van der Waals surface area contributed by atoms with Crippen LogP contribution in [0.15, 0.2) is 4.47 Å². The molecular weight excluding hydrogens is 310 g/mol. The molecule has 106 valence electrons. The van der Waals surface area contributed by atoms with Crippen molar-refractivity contribution in [2.24, 2.45) is 5.73 Å². The van der Waals surface area contributed by atoms with Crippen LogP contribution in [0.4, 0.5) is 0 Å². The summed E-state index contributed by atoms with van der Waals surface area (Å²) in [6.45, 7) is 7.91. The second-order valence-corrected chi connectivity index (χ2v) is 5.16. The Balaban J connectivity index is 3.45. The van der Waals surface area contributed by atoms with Crippen molar-refractivity contribution in [1.82, 2.24) is 0 Å². The van der Waals surface area contributed by atoms with Crippen LogP contribution in [0.25, 0.3) is 0 Å². The van der Waals surface area contributed by atoms with Gasteiger partial charge in [-0.3, -0.25) is 0 Å². The fraction of sp³-hybridized carbons (Fsp3) is 0.500. The first kappa shape index (κ1) is 16.0. The maximum atomic E-state index is 11.9. The molecule has 1 rings (SSSR count). The quantitative estimate of drug-likeness (QED) is 0.862. The maximum Gasteiger partial charge on any atom is 0.327 e. The van der Waals surface area contributed by atoms with Crippen LogP contribution in [-0.4, -0.2) is 19.7 Å². The van der Waals surface area contributed by atoms with Gasteiger partial charge in [-0.2, -0.15) is 0 Å². The van der Waals surface area contributed by atoms with Crippen molar-refractivity contribution >= 4 is 21.9 Å². The zero-order chi connectivity index (χ0) is 14.7. The SMILES string of the molecule is CCOC(=O)C(N)c1c(C)c(Br)c(C)c(C)c1OC. The van der Waals surface area contributed by atoms with Gasteiger partial charge >= 0.3 is 5.97 Å². The molecule has 0 saturated heterocycles. The van der Waals surface area contributed by atoms with Crippen LogP contribution >= 0.6 is 15.9 Å². The standard InChI is InChI=1S/C14H20BrNO3/c1-6-19-14(17)12(16)10-9(4)11(15)7(2)8(3)13(10)18-5/h12H,6,16H2,1-5H3. The molecule has 0 aliphatic heterocycles. The van der Waals surface area contributed by atoms with E-state index in [0.717, 1.165) is 21.2 Å². The van der Waals surface area contributed by atoms with Crippen molar-refractivity contribution < 1.29 is 14.3 Å². The van der Waals surface area contributed by atoms with Crippen LogP contribution < -0.4 is 10.5 Å². The molecule has 0 saturated carbocycles. The van der Waals surface area contributed by atoms with Gasteiger partial charge in [-0.15, -0.1) is 0 Å². The largest absolute Gasteiger partial charge is 0.496 e. The highest BCUT2D eigenvalue weighted by atomic mass is 79.9. The van der Waals surface area contributed by atoms with Gasteiger partial charge in [-0.25, -0.2) is 4.79 Å². The topological polar surface area (TPSA) is 61.5 Å². The predicted octanol–water partition coefficient (Wildman–Crippen LogP) is 2.95. The molecule has 0 bridgehead atoms. The van der Waals surface area contributed by atoms with E-state index in [2.05, 4.69) is 15.9 Å². The highest BCUT2D eigenvalue weighted by Crippen LogP contribution is 2.38. The lowest BCUT2D eigenvalue weighted by atomic mass is 9.94. The second-order valence-electron chi connectivity index (χ2n) is 4.37. The molecule has 19 heavy (non-hydrogen) atoms. The predicted molar refractivity (Wildman–Crippen MR) is 78.5 cm³/mol. The van der Waals surface area contributed by atoms with E-state index in [1.54, 1.807) is 14.0 Å². The van der Waals surface area contributed by atoms with Crippen LogP contribution in [0.3, 0.4) is 0 Å². The van der Waals surface area contributed by atoms with E-state index in [4.69, 9.17) is 15.2 Å². The molecule has 0 aromatic heterocycles. The first-order chi connectivity index (χ1) is 8.86. The number of hydrogen-bond donors (Lipinski definition) is 1. The molecule has 2 N–H and O–H groups in total. The summed E-state index contributed by atoms with van der Waals surface area (Å²) in [7, 11) is 1.58. The van der Waals surface area contributed by atoms with E-state index in [0.29, 0.717) is 17.9 Å². The molecule has 4 nitrogen and oxygen atoms in total. The number of benzene rings is 1. The van der Waals surface area contributed by atoms with Gasteiger partial charge in [0.2, 0.25) is 0 Å². The monoisotopic (exact) mass is 329 g/mol. The van der Waals surface area contributed by atoms with E-state index >= 15 is 0 Å². The van der Waals surface area contributed by atoms with E-state index in [1.165, 1.54) is 0 Å². The Kier molecular flexibility index (Phi) is 5.38. The average Bonchev–Trinajstić information content (AvgIpc) is 2.39. The lowest BCUT2D eigenvalue weighted by Crippen LogP contribution is -2.25. The van der Waals surface area contributed by atoms with Gasteiger partial charge in [-0.05, 0) is 44.4 Å². The van der Waals surface area contributed by atoms with Gasteiger partial charge in [0, 0.05) is 10.0 Å². The average molecular weight is 330 g/mol. The van der Waals surface area contributed by atoms with E-state index < -0.39 is 12.0 Å². The molecule has 0 fully saturated rings. The summed E-state index contributed by atoms with van der Waals surface area (Å²) >= 11 is 3.54. The first-order valence-corrected chi connectivity index (χ1v) is 6.91. The van der Waals surface area contributed by atoms with Crippen LogP contribution in [0.5, 0.6) is 5.75 Å². The normalized spacial score (nSPS) is 12.2. The third kappa shape index (κ3) is 2.92. The number of carbonyl (C=O) groups is 1. The summed E-state index contributed by atoms with van der Waals surface area (Å²) in [6, 6.07) is -0.842. The Hall–Kier alpha value is -1.07. The van der Waals surface area contributed by atoms with E-state index in [9.17, 15) is 4.79 Å². The lowest BCUT2D eigenvalue weighted by molar-refractivity contribution is -0.144. The number of rotatable bonds is 4. The highest BCUT2D eigenvalue weighted by molar-refractivity contribution is 9.10. The summed E-state index contributed by atoms with van der Waals surface area (Å²) in [4.78, 5) is 11.9. The summed E-state index contributed by atoms with van der Waals surface area (Å²) in [6.07, 6.45) is 0. The molecule has 0 amide bonds. The minimum atomic E-state index is -0.842. The number of methoxy groups -OCH3 is 1. The van der Waals surface area contributed by atoms with Gasteiger partial charge < -0.3 is 15.2 Å². The third-order valence-corrected chi connectivity index (χ3v) is 4.46. The number of halogens is 1. The third-order valence-electron chi connectivity index (χ3n) is 3.27. The number of hydrogen-bond acceptors (Lipinski definition) is 4. The molecule has 0 aliphatic carbocycles. The van der Waals surface area contributed by atoms with Crippen LogP contribution in [0, 0.1) is 20.8 Å². The number of carbonyl (C=O) groups excluding carboxylic acids is 1. The molecule has 1 unspecified atom stereocenters. The maximum absolute atomic E-state index is 11.9. The van der Waals surface area contributed by atoms with Gasteiger partial charge in [0.25, 0.3) is 0 Å². The van der Waals surface area contributed by atoms with Crippen molar-refractivity contribution in [2.45, 2.75) is 33.7 Å². The lowest BCUT2D eigenvalue weighted by Gasteiger charge is -2.22. The van der Waals surface area contributed by atoms with Crippen molar-refractivity contribution in [3.63, 3.8) is 0 Å². The molecule has 1 aromatic rings. The van der Waals surface area contributed by atoms with E-state index in [1.807, 2.05) is 20.8 Å². The Morgan fingerprint density at radius 2 is 1.84 bits per heavy atom. The Morgan fingerprint density at radius 1 is 1.26 bits per heavy atom. The van der Waals surface area contributed by atoms with Gasteiger partial charge in [0.1, 0.15) is 11.8 Å². The molecular formula is C14H20BrNO3. The summed E-state index contributed by atoms with van der Waals surface area (Å²) in [5, 5.41) is 0.